The number of nitrogens with two attached hydrogens (primary N) is 1. The highest BCUT2D eigenvalue weighted by molar-refractivity contribution is 4.87. The van der Waals surface area contributed by atoms with Gasteiger partial charge in [0.2, 0.25) is 0 Å². The lowest BCUT2D eigenvalue weighted by atomic mass is 9.84. The Hall–Kier alpha value is -0.120. The molecule has 1 heterocycles. The van der Waals surface area contributed by atoms with Crippen LogP contribution in [0.4, 0.5) is 0 Å². The van der Waals surface area contributed by atoms with Gasteiger partial charge in [-0.3, -0.25) is 0 Å². The molecule has 0 aromatic rings. The van der Waals surface area contributed by atoms with Crippen LogP contribution in [-0.2, 0) is 4.74 Å². The molecule has 1 saturated heterocycles. The summed E-state index contributed by atoms with van der Waals surface area (Å²) in [6, 6.07) is 0.429. The first kappa shape index (κ1) is 13.3. The fraction of sp³-hybridized carbons (Fsp3) is 1.00. The molecule has 17 heavy (non-hydrogen) atoms. The number of rotatable bonds is 5. The molecule has 1 saturated carbocycles. The molecule has 0 unspecified atom stereocenters. The molecule has 100 valence electrons. The standard InChI is InChI=1S/C14H28N2O/c1-14(2)10-16(11-14)8-3-9-17-13-6-4-12(15)5-7-13/h12-13H,3-11,15H2,1-2H3. The lowest BCUT2D eigenvalue weighted by molar-refractivity contribution is -0.00142. The predicted octanol–water partition coefficient (Wildman–Crippen LogP) is 2.00. The molecule has 2 fully saturated rings. The fourth-order valence-corrected chi connectivity index (χ4v) is 3.12. The van der Waals surface area contributed by atoms with Crippen LogP contribution in [0.3, 0.4) is 0 Å². The first-order valence-electron chi connectivity index (χ1n) is 7.15. The average molecular weight is 240 g/mol. The molecule has 2 rings (SSSR count). The minimum Gasteiger partial charge on any atom is -0.378 e. The van der Waals surface area contributed by atoms with Gasteiger partial charge in [0, 0.05) is 32.3 Å². The average Bonchev–Trinajstić information content (AvgIpc) is 2.24. The van der Waals surface area contributed by atoms with E-state index in [-0.39, 0.29) is 0 Å². The Labute approximate surface area is 106 Å². The van der Waals surface area contributed by atoms with E-state index in [0.717, 1.165) is 32.3 Å². The van der Waals surface area contributed by atoms with E-state index in [1.165, 1.54) is 26.1 Å². The van der Waals surface area contributed by atoms with Gasteiger partial charge in [-0.05, 0) is 37.5 Å². The zero-order chi connectivity index (χ0) is 12.3. The molecule has 0 amide bonds. The maximum absolute atomic E-state index is 5.92. The summed E-state index contributed by atoms with van der Waals surface area (Å²) in [6.07, 6.45) is 6.28. The predicted molar refractivity (Wildman–Crippen MR) is 71.0 cm³/mol. The van der Waals surface area contributed by atoms with Crippen molar-refractivity contribution in [2.45, 2.75) is 58.1 Å². The molecule has 1 aliphatic carbocycles. The summed E-state index contributed by atoms with van der Waals surface area (Å²) in [6.45, 7) is 9.32. The van der Waals surface area contributed by atoms with Crippen molar-refractivity contribution in [1.29, 1.82) is 0 Å². The Morgan fingerprint density at radius 1 is 1.18 bits per heavy atom. The van der Waals surface area contributed by atoms with Crippen molar-refractivity contribution in [1.82, 2.24) is 4.90 Å². The van der Waals surface area contributed by atoms with Crippen molar-refractivity contribution in [3.8, 4) is 0 Å². The second-order valence-electron chi connectivity index (χ2n) is 6.64. The van der Waals surface area contributed by atoms with Crippen LogP contribution >= 0.6 is 0 Å². The first-order chi connectivity index (χ1) is 8.05. The molecule has 0 bridgehead atoms. The van der Waals surface area contributed by atoms with E-state index < -0.39 is 0 Å². The molecule has 0 atom stereocenters. The van der Waals surface area contributed by atoms with E-state index in [9.17, 15) is 0 Å². The Balaban J connectivity index is 1.47. The van der Waals surface area contributed by atoms with Crippen LogP contribution in [0.5, 0.6) is 0 Å². The molecular weight excluding hydrogens is 212 g/mol. The molecule has 0 spiro atoms. The highest BCUT2D eigenvalue weighted by atomic mass is 16.5. The van der Waals surface area contributed by atoms with Gasteiger partial charge in [0.05, 0.1) is 6.10 Å². The molecular formula is C14H28N2O. The highest BCUT2D eigenvalue weighted by Gasteiger charge is 2.33. The van der Waals surface area contributed by atoms with Crippen LogP contribution in [-0.4, -0.2) is 43.3 Å². The van der Waals surface area contributed by atoms with Gasteiger partial charge in [0.1, 0.15) is 0 Å². The van der Waals surface area contributed by atoms with E-state index in [1.807, 2.05) is 0 Å². The number of nitrogens with zero attached hydrogens (tertiary/aromatic N) is 1. The summed E-state index contributed by atoms with van der Waals surface area (Å²) in [4.78, 5) is 2.53. The number of hydrogen-bond donors (Lipinski definition) is 1. The molecule has 3 nitrogen and oxygen atoms in total. The molecule has 2 N–H and O–H groups in total. The zero-order valence-corrected chi connectivity index (χ0v) is 11.5. The number of ether oxygens (including phenoxy) is 1. The van der Waals surface area contributed by atoms with Crippen molar-refractivity contribution in [3.63, 3.8) is 0 Å². The molecule has 2 aliphatic rings. The fourth-order valence-electron chi connectivity index (χ4n) is 3.12. The monoisotopic (exact) mass is 240 g/mol. The van der Waals surface area contributed by atoms with Crippen molar-refractivity contribution in [2.75, 3.05) is 26.2 Å². The Bertz CT molecular complexity index is 226. The van der Waals surface area contributed by atoms with Gasteiger partial charge in [-0.15, -0.1) is 0 Å². The van der Waals surface area contributed by atoms with Gasteiger partial charge in [-0.25, -0.2) is 0 Å². The lowest BCUT2D eigenvalue weighted by Crippen LogP contribution is -2.53. The van der Waals surface area contributed by atoms with Crippen LogP contribution < -0.4 is 5.73 Å². The van der Waals surface area contributed by atoms with Crippen molar-refractivity contribution in [2.24, 2.45) is 11.1 Å². The maximum atomic E-state index is 5.92. The second-order valence-corrected chi connectivity index (χ2v) is 6.64. The summed E-state index contributed by atoms with van der Waals surface area (Å²) in [5.41, 5.74) is 6.44. The quantitative estimate of drug-likeness (QED) is 0.747. The van der Waals surface area contributed by atoms with E-state index in [4.69, 9.17) is 10.5 Å². The molecule has 0 aromatic heterocycles. The van der Waals surface area contributed by atoms with Gasteiger partial charge in [0.25, 0.3) is 0 Å². The van der Waals surface area contributed by atoms with Crippen LogP contribution in [0.15, 0.2) is 0 Å². The minimum atomic E-state index is 0.429. The Morgan fingerprint density at radius 3 is 2.41 bits per heavy atom. The smallest absolute Gasteiger partial charge is 0.0576 e. The van der Waals surface area contributed by atoms with Crippen molar-refractivity contribution in [3.05, 3.63) is 0 Å². The first-order valence-corrected chi connectivity index (χ1v) is 7.15. The van der Waals surface area contributed by atoms with Gasteiger partial charge in [0.15, 0.2) is 0 Å². The van der Waals surface area contributed by atoms with Crippen LogP contribution in [0.2, 0.25) is 0 Å². The van der Waals surface area contributed by atoms with Gasteiger partial charge in [-0.1, -0.05) is 13.8 Å². The van der Waals surface area contributed by atoms with E-state index in [0.29, 0.717) is 17.6 Å². The highest BCUT2D eigenvalue weighted by Crippen LogP contribution is 2.28. The third-order valence-corrected chi connectivity index (χ3v) is 3.99. The zero-order valence-electron chi connectivity index (χ0n) is 11.5. The van der Waals surface area contributed by atoms with Gasteiger partial charge >= 0.3 is 0 Å². The summed E-state index contributed by atoms with van der Waals surface area (Å²) in [5, 5.41) is 0. The summed E-state index contributed by atoms with van der Waals surface area (Å²) < 4.78 is 5.92. The molecule has 3 heteroatoms. The molecule has 1 aliphatic heterocycles. The topological polar surface area (TPSA) is 38.5 Å². The second kappa shape index (κ2) is 5.68. The number of hydrogen-bond acceptors (Lipinski definition) is 3. The van der Waals surface area contributed by atoms with Crippen LogP contribution in [0.1, 0.15) is 46.0 Å². The maximum Gasteiger partial charge on any atom is 0.0576 e. The van der Waals surface area contributed by atoms with E-state index in [2.05, 4.69) is 18.7 Å². The minimum absolute atomic E-state index is 0.429. The van der Waals surface area contributed by atoms with Gasteiger partial charge in [-0.2, -0.15) is 0 Å². The molecule has 0 radical (unpaired) electrons. The van der Waals surface area contributed by atoms with Crippen LogP contribution in [0, 0.1) is 5.41 Å². The third-order valence-electron chi connectivity index (χ3n) is 3.99. The largest absolute Gasteiger partial charge is 0.378 e. The van der Waals surface area contributed by atoms with Gasteiger partial charge < -0.3 is 15.4 Å². The van der Waals surface area contributed by atoms with E-state index >= 15 is 0 Å². The normalized spacial score (nSPS) is 33.4. The SMILES string of the molecule is CC1(C)CN(CCCOC2CCC(N)CC2)C1. The summed E-state index contributed by atoms with van der Waals surface area (Å²) in [5.74, 6) is 0. The van der Waals surface area contributed by atoms with Crippen molar-refractivity contribution < 1.29 is 4.74 Å². The molecule has 0 aromatic carbocycles. The third kappa shape index (κ3) is 4.23. The van der Waals surface area contributed by atoms with Crippen LogP contribution in [0.25, 0.3) is 0 Å². The van der Waals surface area contributed by atoms with E-state index in [1.54, 1.807) is 0 Å². The summed E-state index contributed by atoms with van der Waals surface area (Å²) >= 11 is 0. The summed E-state index contributed by atoms with van der Waals surface area (Å²) in [7, 11) is 0. The Morgan fingerprint density at radius 2 is 1.82 bits per heavy atom. The Kier molecular flexibility index (Phi) is 4.45. The lowest BCUT2D eigenvalue weighted by Gasteiger charge is -2.46. The van der Waals surface area contributed by atoms with Crippen molar-refractivity contribution >= 4 is 0 Å². The number of likely N-dealkylation sites (tertiary alicyclic amines) is 1.